The highest BCUT2D eigenvalue weighted by Gasteiger charge is 2.06. The summed E-state index contributed by atoms with van der Waals surface area (Å²) in [6.07, 6.45) is 0. The molecule has 0 radical (unpaired) electrons. The van der Waals surface area contributed by atoms with Crippen molar-refractivity contribution in [3.05, 3.63) is 57.0 Å². The third kappa shape index (κ3) is 2.88. The molecule has 18 heavy (non-hydrogen) atoms. The number of hydrogen-bond acceptors (Lipinski definition) is 2. The molecule has 0 aromatic heterocycles. The van der Waals surface area contributed by atoms with Crippen LogP contribution in [-0.4, -0.2) is 0 Å². The lowest BCUT2D eigenvalue weighted by molar-refractivity contribution is 1.47. The Kier molecular flexibility index (Phi) is 3.98. The predicted molar refractivity (Wildman–Crippen MR) is 75.9 cm³/mol. The lowest BCUT2D eigenvalue weighted by atomic mass is 10.2. The Balaban J connectivity index is 2.34. The molecule has 0 heterocycles. The third-order valence-corrected chi connectivity index (χ3v) is 3.32. The van der Waals surface area contributed by atoms with Gasteiger partial charge in [0, 0.05) is 5.69 Å². The quantitative estimate of drug-likeness (QED) is 0.767. The van der Waals surface area contributed by atoms with E-state index in [1.807, 2.05) is 6.07 Å². The summed E-state index contributed by atoms with van der Waals surface area (Å²) in [5.41, 5.74) is 1.96. The topological polar surface area (TPSA) is 35.8 Å². The van der Waals surface area contributed by atoms with Gasteiger partial charge in [0.2, 0.25) is 0 Å². The number of rotatable bonds is 2. The zero-order valence-corrected chi connectivity index (χ0v) is 11.3. The van der Waals surface area contributed by atoms with Crippen molar-refractivity contribution in [2.45, 2.75) is 0 Å². The van der Waals surface area contributed by atoms with Crippen LogP contribution in [0.1, 0.15) is 5.56 Å². The van der Waals surface area contributed by atoms with Crippen LogP contribution in [-0.2, 0) is 0 Å². The van der Waals surface area contributed by atoms with Gasteiger partial charge in [-0.1, -0.05) is 40.9 Å². The van der Waals surface area contributed by atoms with E-state index < -0.39 is 0 Å². The molecule has 2 aromatic rings. The second-order valence-corrected chi connectivity index (χ2v) is 4.79. The molecule has 0 spiro atoms. The van der Waals surface area contributed by atoms with Crippen LogP contribution >= 0.6 is 34.8 Å². The van der Waals surface area contributed by atoms with Crippen LogP contribution in [0.5, 0.6) is 0 Å². The Morgan fingerprint density at radius 2 is 1.67 bits per heavy atom. The summed E-state index contributed by atoms with van der Waals surface area (Å²) in [5.74, 6) is 0. The van der Waals surface area contributed by atoms with E-state index in [2.05, 4.69) is 11.4 Å². The summed E-state index contributed by atoms with van der Waals surface area (Å²) in [5, 5.41) is 13.2. The normalized spacial score (nSPS) is 9.89. The summed E-state index contributed by atoms with van der Waals surface area (Å²) >= 11 is 17.8. The van der Waals surface area contributed by atoms with E-state index in [0.29, 0.717) is 26.3 Å². The Labute approximate surface area is 120 Å². The highest BCUT2D eigenvalue weighted by Crippen LogP contribution is 2.33. The molecule has 2 nitrogen and oxygen atoms in total. The van der Waals surface area contributed by atoms with Crippen molar-refractivity contribution in [3.63, 3.8) is 0 Å². The summed E-state index contributed by atoms with van der Waals surface area (Å²) in [6.45, 7) is 0. The molecule has 0 saturated heterocycles. The van der Waals surface area contributed by atoms with E-state index in [1.165, 1.54) is 0 Å². The number of hydrogen-bond donors (Lipinski definition) is 1. The van der Waals surface area contributed by atoms with Crippen LogP contribution in [0.4, 0.5) is 11.4 Å². The fourth-order valence-electron chi connectivity index (χ4n) is 1.44. The van der Waals surface area contributed by atoms with Crippen molar-refractivity contribution in [3.8, 4) is 6.07 Å². The average Bonchev–Trinajstić information content (AvgIpc) is 2.36. The van der Waals surface area contributed by atoms with Gasteiger partial charge in [-0.05, 0) is 30.3 Å². The molecule has 2 aromatic carbocycles. The molecule has 0 fully saturated rings. The van der Waals surface area contributed by atoms with Crippen LogP contribution in [0.25, 0.3) is 0 Å². The van der Waals surface area contributed by atoms with Gasteiger partial charge < -0.3 is 5.32 Å². The summed E-state index contributed by atoms with van der Waals surface area (Å²) in [6, 6.07) is 12.3. The molecule has 0 atom stereocenters. The van der Waals surface area contributed by atoms with E-state index in [9.17, 15) is 0 Å². The summed E-state index contributed by atoms with van der Waals surface area (Å²) < 4.78 is 0. The smallest absolute Gasteiger partial charge is 0.0992 e. The van der Waals surface area contributed by atoms with Gasteiger partial charge in [-0.3, -0.25) is 0 Å². The number of benzene rings is 2. The summed E-state index contributed by atoms with van der Waals surface area (Å²) in [4.78, 5) is 0. The van der Waals surface area contributed by atoms with Crippen molar-refractivity contribution >= 4 is 46.2 Å². The predicted octanol–water partition coefficient (Wildman–Crippen LogP) is 5.26. The van der Waals surface area contributed by atoms with Crippen LogP contribution in [0.3, 0.4) is 0 Å². The van der Waals surface area contributed by atoms with Gasteiger partial charge in [-0.25, -0.2) is 0 Å². The second kappa shape index (κ2) is 5.49. The lowest BCUT2D eigenvalue weighted by Gasteiger charge is -2.10. The van der Waals surface area contributed by atoms with Gasteiger partial charge in [0.15, 0.2) is 0 Å². The molecule has 0 saturated carbocycles. The zero-order valence-electron chi connectivity index (χ0n) is 9.05. The first kappa shape index (κ1) is 13.0. The molecular weight excluding hydrogens is 291 g/mol. The zero-order chi connectivity index (χ0) is 13.1. The Bertz CT molecular complexity index is 633. The van der Waals surface area contributed by atoms with Crippen LogP contribution in [0.2, 0.25) is 15.1 Å². The van der Waals surface area contributed by atoms with Gasteiger partial charge in [0.05, 0.1) is 32.4 Å². The molecule has 0 bridgehead atoms. The average molecular weight is 298 g/mol. The maximum Gasteiger partial charge on any atom is 0.0992 e. The molecule has 1 N–H and O–H groups in total. The maximum atomic E-state index is 8.82. The second-order valence-electron chi connectivity index (χ2n) is 3.56. The molecule has 0 aliphatic rings. The van der Waals surface area contributed by atoms with Crippen molar-refractivity contribution in [2.75, 3.05) is 5.32 Å². The number of halogens is 3. The van der Waals surface area contributed by atoms with Gasteiger partial charge in [-0.2, -0.15) is 5.26 Å². The molecule has 2 rings (SSSR count). The van der Waals surface area contributed by atoms with Crippen LogP contribution in [0.15, 0.2) is 36.4 Å². The highest BCUT2D eigenvalue weighted by atomic mass is 35.5. The van der Waals surface area contributed by atoms with E-state index >= 15 is 0 Å². The van der Waals surface area contributed by atoms with Gasteiger partial charge in [-0.15, -0.1) is 0 Å². The fraction of sp³-hybridized carbons (Fsp3) is 0. The van der Waals surface area contributed by atoms with Gasteiger partial charge in [0.1, 0.15) is 0 Å². The number of nitriles is 1. The van der Waals surface area contributed by atoms with Crippen LogP contribution in [0, 0.1) is 11.3 Å². The van der Waals surface area contributed by atoms with Gasteiger partial charge in [0.25, 0.3) is 0 Å². The van der Waals surface area contributed by atoms with E-state index in [-0.39, 0.29) is 0 Å². The van der Waals surface area contributed by atoms with Gasteiger partial charge >= 0.3 is 0 Å². The lowest BCUT2D eigenvalue weighted by Crippen LogP contribution is -1.92. The largest absolute Gasteiger partial charge is 0.354 e. The molecule has 90 valence electrons. The first-order valence-electron chi connectivity index (χ1n) is 5.02. The van der Waals surface area contributed by atoms with Crippen molar-refractivity contribution in [1.29, 1.82) is 5.26 Å². The monoisotopic (exact) mass is 296 g/mol. The van der Waals surface area contributed by atoms with Crippen molar-refractivity contribution in [2.24, 2.45) is 0 Å². The Hall–Kier alpha value is -1.40. The molecule has 0 aliphatic carbocycles. The SMILES string of the molecule is N#Cc1cccc(Nc2cc(Cl)c(Cl)cc2Cl)c1. The third-order valence-electron chi connectivity index (χ3n) is 2.28. The standard InChI is InChI=1S/C13H7Cl3N2/c14-10-5-12(16)13(6-11(10)15)18-9-3-1-2-8(4-9)7-17/h1-6,18H. The van der Waals surface area contributed by atoms with E-state index in [0.717, 1.165) is 5.69 Å². The first-order chi connectivity index (χ1) is 8.60. The Morgan fingerprint density at radius 1 is 0.944 bits per heavy atom. The minimum atomic E-state index is 0.401. The van der Waals surface area contributed by atoms with Crippen molar-refractivity contribution in [1.82, 2.24) is 0 Å². The Morgan fingerprint density at radius 3 is 2.39 bits per heavy atom. The first-order valence-corrected chi connectivity index (χ1v) is 6.15. The minimum absolute atomic E-state index is 0.401. The number of anilines is 2. The highest BCUT2D eigenvalue weighted by molar-refractivity contribution is 6.44. The van der Waals surface area contributed by atoms with E-state index in [4.69, 9.17) is 40.1 Å². The maximum absolute atomic E-state index is 8.82. The molecule has 5 heteroatoms. The molecular formula is C13H7Cl3N2. The molecule has 0 unspecified atom stereocenters. The molecule has 0 aliphatic heterocycles. The number of nitrogens with zero attached hydrogens (tertiary/aromatic N) is 1. The summed E-state index contributed by atoms with van der Waals surface area (Å²) in [7, 11) is 0. The fourth-order valence-corrected chi connectivity index (χ4v) is 2.03. The van der Waals surface area contributed by atoms with E-state index in [1.54, 1.807) is 30.3 Å². The molecule has 0 amide bonds. The number of nitrogens with one attached hydrogen (secondary N) is 1. The van der Waals surface area contributed by atoms with Crippen molar-refractivity contribution < 1.29 is 0 Å². The van der Waals surface area contributed by atoms with Crippen LogP contribution < -0.4 is 5.32 Å². The minimum Gasteiger partial charge on any atom is -0.354 e.